The standard InChI is InChI=1S/C18H26N6O2/c1-3-16(14-11-20-24(4-2)13-14)22-18(25)21-15-5-6-17(19-12-15)23-7-9-26-10-8-23/h5-6,11-13,16H,3-4,7-10H2,1-2H3,(H2,21,22,25)/t16-/m1/s1. The maximum atomic E-state index is 12.3. The van der Waals surface area contributed by atoms with Crippen LogP contribution in [0.4, 0.5) is 16.3 Å². The molecule has 1 atom stereocenters. The highest BCUT2D eigenvalue weighted by Crippen LogP contribution is 2.18. The smallest absolute Gasteiger partial charge is 0.319 e. The molecule has 2 aromatic heterocycles. The summed E-state index contributed by atoms with van der Waals surface area (Å²) in [4.78, 5) is 18.9. The van der Waals surface area contributed by atoms with Gasteiger partial charge in [0.2, 0.25) is 0 Å². The summed E-state index contributed by atoms with van der Waals surface area (Å²) in [5.41, 5.74) is 1.67. The number of anilines is 2. The summed E-state index contributed by atoms with van der Waals surface area (Å²) in [6.45, 7) is 7.99. The summed E-state index contributed by atoms with van der Waals surface area (Å²) in [7, 11) is 0. The Morgan fingerprint density at radius 1 is 1.27 bits per heavy atom. The van der Waals surface area contributed by atoms with Crippen LogP contribution in [0.3, 0.4) is 0 Å². The first-order chi connectivity index (χ1) is 12.7. The Kier molecular flexibility index (Phi) is 6.06. The Labute approximate surface area is 153 Å². The number of pyridine rings is 1. The van der Waals surface area contributed by atoms with Crippen LogP contribution in [-0.2, 0) is 11.3 Å². The van der Waals surface area contributed by atoms with Crippen molar-refractivity contribution in [2.24, 2.45) is 0 Å². The molecule has 1 aliphatic rings. The molecule has 2 amide bonds. The fraction of sp³-hybridized carbons (Fsp3) is 0.500. The molecule has 0 spiro atoms. The van der Waals surface area contributed by atoms with Crippen molar-refractivity contribution < 1.29 is 9.53 Å². The van der Waals surface area contributed by atoms with Crippen molar-refractivity contribution in [3.8, 4) is 0 Å². The molecule has 2 aromatic rings. The van der Waals surface area contributed by atoms with Crippen LogP contribution in [-0.4, -0.2) is 47.1 Å². The fourth-order valence-electron chi connectivity index (χ4n) is 2.92. The number of nitrogens with one attached hydrogen (secondary N) is 2. The van der Waals surface area contributed by atoms with Gasteiger partial charge in [0.15, 0.2) is 0 Å². The Morgan fingerprint density at radius 3 is 2.69 bits per heavy atom. The van der Waals surface area contributed by atoms with Gasteiger partial charge in [0, 0.05) is 31.4 Å². The molecule has 140 valence electrons. The number of nitrogens with zero attached hydrogens (tertiary/aromatic N) is 4. The zero-order valence-corrected chi connectivity index (χ0v) is 15.3. The van der Waals surface area contributed by atoms with Gasteiger partial charge in [-0.2, -0.15) is 5.10 Å². The van der Waals surface area contributed by atoms with Crippen LogP contribution >= 0.6 is 0 Å². The van der Waals surface area contributed by atoms with E-state index in [1.165, 1.54) is 0 Å². The first kappa shape index (κ1) is 18.2. The third-order valence-corrected chi connectivity index (χ3v) is 4.43. The van der Waals surface area contributed by atoms with Gasteiger partial charge in [-0.25, -0.2) is 9.78 Å². The summed E-state index contributed by atoms with van der Waals surface area (Å²) in [6.07, 6.45) is 6.24. The summed E-state index contributed by atoms with van der Waals surface area (Å²) in [6, 6.07) is 3.47. The van der Waals surface area contributed by atoms with Crippen molar-refractivity contribution >= 4 is 17.5 Å². The molecule has 0 aliphatic carbocycles. The second-order valence-corrected chi connectivity index (χ2v) is 6.19. The second kappa shape index (κ2) is 8.66. The van der Waals surface area contributed by atoms with Gasteiger partial charge in [-0.05, 0) is 25.5 Å². The predicted molar refractivity (Wildman–Crippen MR) is 100 cm³/mol. The molecule has 0 saturated carbocycles. The highest BCUT2D eigenvalue weighted by molar-refractivity contribution is 5.89. The second-order valence-electron chi connectivity index (χ2n) is 6.19. The van der Waals surface area contributed by atoms with Gasteiger partial charge < -0.3 is 20.3 Å². The van der Waals surface area contributed by atoms with Gasteiger partial charge in [-0.15, -0.1) is 0 Å². The largest absolute Gasteiger partial charge is 0.378 e. The van der Waals surface area contributed by atoms with E-state index in [-0.39, 0.29) is 12.1 Å². The lowest BCUT2D eigenvalue weighted by molar-refractivity contribution is 0.122. The molecular weight excluding hydrogens is 332 g/mol. The van der Waals surface area contributed by atoms with Crippen molar-refractivity contribution in [3.05, 3.63) is 36.3 Å². The number of carbonyl (C=O) groups excluding carboxylic acids is 1. The highest BCUT2D eigenvalue weighted by Gasteiger charge is 2.15. The van der Waals surface area contributed by atoms with Crippen molar-refractivity contribution in [3.63, 3.8) is 0 Å². The van der Waals surface area contributed by atoms with Crippen LogP contribution in [0.25, 0.3) is 0 Å². The number of ether oxygens (including phenoxy) is 1. The maximum Gasteiger partial charge on any atom is 0.319 e. The molecule has 1 saturated heterocycles. The highest BCUT2D eigenvalue weighted by atomic mass is 16.5. The first-order valence-corrected chi connectivity index (χ1v) is 9.08. The molecule has 0 bridgehead atoms. The van der Waals surface area contributed by atoms with Crippen molar-refractivity contribution in [1.82, 2.24) is 20.1 Å². The monoisotopic (exact) mass is 358 g/mol. The van der Waals surface area contributed by atoms with Crippen LogP contribution in [0.1, 0.15) is 31.9 Å². The first-order valence-electron chi connectivity index (χ1n) is 9.08. The van der Waals surface area contributed by atoms with E-state index in [9.17, 15) is 4.79 Å². The average Bonchev–Trinajstić information content (AvgIpc) is 3.16. The number of hydrogen-bond acceptors (Lipinski definition) is 5. The van der Waals surface area contributed by atoms with E-state index in [1.807, 2.05) is 36.9 Å². The van der Waals surface area contributed by atoms with E-state index < -0.39 is 0 Å². The molecule has 0 unspecified atom stereocenters. The number of hydrogen-bond donors (Lipinski definition) is 2. The van der Waals surface area contributed by atoms with E-state index in [0.29, 0.717) is 5.69 Å². The lowest BCUT2D eigenvalue weighted by atomic mass is 10.1. The molecule has 1 fully saturated rings. The van der Waals surface area contributed by atoms with Gasteiger partial charge in [0.1, 0.15) is 5.82 Å². The van der Waals surface area contributed by atoms with Crippen LogP contribution < -0.4 is 15.5 Å². The predicted octanol–water partition coefficient (Wildman–Crippen LogP) is 2.41. The van der Waals surface area contributed by atoms with E-state index in [2.05, 4.69) is 25.6 Å². The Balaban J connectivity index is 1.56. The molecule has 8 nitrogen and oxygen atoms in total. The Hall–Kier alpha value is -2.61. The molecule has 26 heavy (non-hydrogen) atoms. The minimum Gasteiger partial charge on any atom is -0.378 e. The van der Waals surface area contributed by atoms with Crippen LogP contribution in [0.15, 0.2) is 30.7 Å². The number of aryl methyl sites for hydroxylation is 1. The lowest BCUT2D eigenvalue weighted by Crippen LogP contribution is -2.36. The zero-order chi connectivity index (χ0) is 18.4. The van der Waals surface area contributed by atoms with Gasteiger partial charge >= 0.3 is 6.03 Å². The molecule has 8 heteroatoms. The number of rotatable bonds is 6. The quantitative estimate of drug-likeness (QED) is 0.828. The average molecular weight is 358 g/mol. The number of morpholine rings is 1. The van der Waals surface area contributed by atoms with Gasteiger partial charge in [-0.3, -0.25) is 4.68 Å². The molecule has 2 N–H and O–H groups in total. The molecule has 3 heterocycles. The van der Waals surface area contributed by atoms with Crippen molar-refractivity contribution in [2.75, 3.05) is 36.5 Å². The van der Waals surface area contributed by atoms with Gasteiger partial charge in [0.25, 0.3) is 0 Å². The van der Waals surface area contributed by atoms with Crippen LogP contribution in [0, 0.1) is 0 Å². The SMILES string of the molecule is CC[C@@H](NC(=O)Nc1ccc(N2CCOCC2)nc1)c1cnn(CC)c1. The molecular formula is C18H26N6O2. The minimum absolute atomic E-state index is 0.0733. The minimum atomic E-state index is -0.248. The van der Waals surface area contributed by atoms with Crippen molar-refractivity contribution in [1.29, 1.82) is 0 Å². The Bertz CT molecular complexity index is 709. The summed E-state index contributed by atoms with van der Waals surface area (Å²) < 4.78 is 7.20. The number of carbonyl (C=O) groups is 1. The topological polar surface area (TPSA) is 84.3 Å². The van der Waals surface area contributed by atoms with E-state index >= 15 is 0 Å². The molecule has 1 aliphatic heterocycles. The van der Waals surface area contributed by atoms with Crippen LogP contribution in [0.5, 0.6) is 0 Å². The summed E-state index contributed by atoms with van der Waals surface area (Å²) >= 11 is 0. The lowest BCUT2D eigenvalue weighted by Gasteiger charge is -2.27. The third kappa shape index (κ3) is 4.51. The number of aromatic nitrogens is 3. The molecule has 0 aromatic carbocycles. The van der Waals surface area contributed by atoms with E-state index in [1.54, 1.807) is 12.4 Å². The fourth-order valence-corrected chi connectivity index (χ4v) is 2.92. The number of amides is 2. The zero-order valence-electron chi connectivity index (χ0n) is 15.3. The van der Waals surface area contributed by atoms with E-state index in [0.717, 1.165) is 50.7 Å². The number of urea groups is 1. The molecule has 0 radical (unpaired) electrons. The molecule has 3 rings (SSSR count). The Morgan fingerprint density at radius 2 is 2.08 bits per heavy atom. The van der Waals surface area contributed by atoms with Crippen LogP contribution in [0.2, 0.25) is 0 Å². The van der Waals surface area contributed by atoms with E-state index in [4.69, 9.17) is 4.74 Å². The maximum absolute atomic E-state index is 12.3. The summed E-state index contributed by atoms with van der Waals surface area (Å²) in [5.74, 6) is 0.901. The third-order valence-electron chi connectivity index (χ3n) is 4.43. The normalized spacial score (nSPS) is 15.5. The van der Waals surface area contributed by atoms with Gasteiger partial charge in [0.05, 0.1) is 37.3 Å². The van der Waals surface area contributed by atoms with Crippen molar-refractivity contribution in [2.45, 2.75) is 32.9 Å². The summed E-state index contributed by atoms with van der Waals surface area (Å²) in [5, 5.41) is 10.1. The van der Waals surface area contributed by atoms with Gasteiger partial charge in [-0.1, -0.05) is 6.92 Å².